The number of fused-ring (bicyclic) bond motifs is 6. The summed E-state index contributed by atoms with van der Waals surface area (Å²) in [5, 5.41) is 3.44. The van der Waals surface area contributed by atoms with E-state index in [1.165, 1.54) is 23.7 Å². The van der Waals surface area contributed by atoms with E-state index in [1.807, 2.05) is 6.07 Å². The first-order valence-corrected chi connectivity index (χ1v) is 5.98. The Bertz CT molecular complexity index is 611. The molecule has 1 aromatic heterocycles. The molecule has 0 spiro atoms. The average Bonchev–Trinajstić information content (AvgIpc) is 2.59. The second kappa shape index (κ2) is 3.23. The van der Waals surface area contributed by atoms with Crippen LogP contribution in [0.2, 0.25) is 0 Å². The minimum Gasteiger partial charge on any atom is -0.316 e. The van der Waals surface area contributed by atoms with E-state index >= 15 is 0 Å². The molecule has 17 heavy (non-hydrogen) atoms. The van der Waals surface area contributed by atoms with Crippen LogP contribution in [0.5, 0.6) is 0 Å². The van der Waals surface area contributed by atoms with Gasteiger partial charge in [0.25, 0.3) is 0 Å². The first-order valence-electron chi connectivity index (χ1n) is 5.98. The van der Waals surface area contributed by atoms with Crippen molar-refractivity contribution in [1.82, 2.24) is 15.3 Å². The van der Waals surface area contributed by atoms with Crippen molar-refractivity contribution in [2.24, 2.45) is 0 Å². The molecule has 3 nitrogen and oxygen atoms in total. The van der Waals surface area contributed by atoms with Crippen molar-refractivity contribution < 1.29 is 4.39 Å². The quantitative estimate of drug-likeness (QED) is 0.750. The molecule has 4 rings (SSSR count). The Morgan fingerprint density at radius 3 is 2.59 bits per heavy atom. The first-order chi connectivity index (χ1) is 8.31. The van der Waals surface area contributed by atoms with Gasteiger partial charge in [-0.05, 0) is 41.5 Å². The zero-order valence-electron chi connectivity index (χ0n) is 9.28. The molecule has 1 aliphatic heterocycles. The van der Waals surface area contributed by atoms with E-state index in [4.69, 9.17) is 0 Å². The molecule has 2 unspecified atom stereocenters. The van der Waals surface area contributed by atoms with Crippen LogP contribution in [-0.4, -0.2) is 23.1 Å². The number of benzene rings is 1. The maximum Gasteiger partial charge on any atom is 0.231 e. The lowest BCUT2D eigenvalue weighted by molar-refractivity contribution is 0.454. The summed E-state index contributed by atoms with van der Waals surface area (Å²) in [6.07, 6.45) is 2.40. The molecule has 2 aromatic rings. The fraction of sp³-hybridized carbons (Fsp3) is 0.385. The molecule has 0 radical (unpaired) electrons. The summed E-state index contributed by atoms with van der Waals surface area (Å²) < 4.78 is 13.1. The minimum absolute atomic E-state index is 0.503. The lowest BCUT2D eigenvalue weighted by atomic mass is 9.98. The van der Waals surface area contributed by atoms with Crippen molar-refractivity contribution in [3.05, 3.63) is 35.4 Å². The van der Waals surface area contributed by atoms with Gasteiger partial charge in [0.15, 0.2) is 0 Å². The van der Waals surface area contributed by atoms with Gasteiger partial charge in [-0.15, -0.1) is 0 Å². The predicted octanol–water partition coefficient (Wildman–Crippen LogP) is 1.94. The molecule has 1 N–H and O–H groups in total. The van der Waals surface area contributed by atoms with Crippen LogP contribution in [0, 0.1) is 5.95 Å². The third-order valence-corrected chi connectivity index (χ3v) is 3.95. The Morgan fingerprint density at radius 1 is 1.12 bits per heavy atom. The molecule has 0 saturated carbocycles. The van der Waals surface area contributed by atoms with Crippen LogP contribution in [0.15, 0.2) is 18.3 Å². The average molecular weight is 229 g/mol. The van der Waals surface area contributed by atoms with Crippen LogP contribution in [0.1, 0.15) is 29.4 Å². The van der Waals surface area contributed by atoms with Crippen LogP contribution in [0.25, 0.3) is 11.0 Å². The van der Waals surface area contributed by atoms with E-state index in [0.29, 0.717) is 17.4 Å². The Hall–Kier alpha value is -1.55. The first kappa shape index (κ1) is 9.48. The van der Waals surface area contributed by atoms with E-state index < -0.39 is 5.95 Å². The Balaban J connectivity index is 1.99. The maximum absolute atomic E-state index is 13.1. The molecule has 1 aromatic carbocycles. The van der Waals surface area contributed by atoms with Gasteiger partial charge < -0.3 is 5.32 Å². The molecule has 0 amide bonds. The third-order valence-electron chi connectivity index (χ3n) is 3.95. The molecule has 86 valence electrons. The highest BCUT2D eigenvalue weighted by molar-refractivity contribution is 5.77. The van der Waals surface area contributed by atoms with Gasteiger partial charge in [-0.2, -0.15) is 4.39 Å². The van der Waals surface area contributed by atoms with Crippen LogP contribution in [0.4, 0.5) is 4.39 Å². The summed E-state index contributed by atoms with van der Waals surface area (Å²) in [6, 6.07) is 4.12. The maximum atomic E-state index is 13.1. The molecule has 4 heteroatoms. The van der Waals surface area contributed by atoms with Crippen molar-refractivity contribution in [2.45, 2.75) is 18.3 Å². The fourth-order valence-corrected chi connectivity index (χ4v) is 3.19. The molecule has 2 atom stereocenters. The van der Waals surface area contributed by atoms with E-state index in [0.717, 1.165) is 18.6 Å². The van der Waals surface area contributed by atoms with Gasteiger partial charge in [0.05, 0.1) is 17.2 Å². The predicted molar refractivity (Wildman–Crippen MR) is 62.5 cm³/mol. The van der Waals surface area contributed by atoms with E-state index in [-0.39, 0.29) is 0 Å². The largest absolute Gasteiger partial charge is 0.316 e. The van der Waals surface area contributed by atoms with Gasteiger partial charge in [-0.1, -0.05) is 0 Å². The second-order valence-electron chi connectivity index (χ2n) is 4.95. The highest BCUT2D eigenvalue weighted by Gasteiger charge is 2.34. The number of piperidine rings is 1. The zero-order chi connectivity index (χ0) is 11.4. The number of halogens is 1. The molecule has 1 saturated heterocycles. The lowest BCUT2D eigenvalue weighted by Crippen LogP contribution is -2.28. The van der Waals surface area contributed by atoms with Crippen molar-refractivity contribution in [2.75, 3.05) is 13.1 Å². The van der Waals surface area contributed by atoms with Gasteiger partial charge in [-0.3, -0.25) is 0 Å². The zero-order valence-corrected chi connectivity index (χ0v) is 9.28. The molecule has 2 bridgehead atoms. The van der Waals surface area contributed by atoms with E-state index in [9.17, 15) is 4.39 Å². The summed E-state index contributed by atoms with van der Waals surface area (Å²) in [6.45, 7) is 2.07. The minimum atomic E-state index is -0.503. The van der Waals surface area contributed by atoms with Crippen LogP contribution >= 0.6 is 0 Å². The van der Waals surface area contributed by atoms with Crippen molar-refractivity contribution in [3.8, 4) is 0 Å². The number of hydrogen-bond acceptors (Lipinski definition) is 3. The van der Waals surface area contributed by atoms with Crippen molar-refractivity contribution >= 4 is 11.0 Å². The lowest BCUT2D eigenvalue weighted by Gasteiger charge is -2.19. The molecular weight excluding hydrogens is 217 g/mol. The normalized spacial score (nSPS) is 26.2. The highest BCUT2D eigenvalue weighted by atomic mass is 19.1. The second-order valence-corrected chi connectivity index (χ2v) is 4.95. The fourth-order valence-electron chi connectivity index (χ4n) is 3.19. The molecular formula is C13H12FN3. The summed E-state index contributed by atoms with van der Waals surface area (Å²) in [5.74, 6) is 0.662. The van der Waals surface area contributed by atoms with Gasteiger partial charge in [0.2, 0.25) is 5.95 Å². The van der Waals surface area contributed by atoms with Gasteiger partial charge in [-0.25, -0.2) is 9.97 Å². The molecule has 2 aliphatic rings. The molecule has 1 fully saturated rings. The van der Waals surface area contributed by atoms with Crippen LogP contribution < -0.4 is 5.32 Å². The SMILES string of the molecule is Fc1cnc2cc3c(cc2n1)C1CNCC3C1. The summed E-state index contributed by atoms with van der Waals surface area (Å²) in [5.41, 5.74) is 4.20. The smallest absolute Gasteiger partial charge is 0.231 e. The Kier molecular flexibility index (Phi) is 1.80. The summed E-state index contributed by atoms with van der Waals surface area (Å²) in [4.78, 5) is 8.03. The van der Waals surface area contributed by atoms with Crippen LogP contribution in [-0.2, 0) is 0 Å². The summed E-state index contributed by atoms with van der Waals surface area (Å²) >= 11 is 0. The molecule has 1 aliphatic carbocycles. The van der Waals surface area contributed by atoms with Gasteiger partial charge in [0, 0.05) is 13.1 Å². The van der Waals surface area contributed by atoms with Crippen molar-refractivity contribution in [1.29, 1.82) is 0 Å². The summed E-state index contributed by atoms with van der Waals surface area (Å²) in [7, 11) is 0. The highest BCUT2D eigenvalue weighted by Crippen LogP contribution is 2.44. The topological polar surface area (TPSA) is 37.8 Å². The standard InChI is InChI=1S/C13H12FN3/c14-13-6-16-11-2-9-7-1-8(5-15-4-7)10(9)3-12(11)17-13/h2-3,6-8,15H,1,4-5H2. The number of hydrogen-bond donors (Lipinski definition) is 1. The van der Waals surface area contributed by atoms with Crippen LogP contribution in [0.3, 0.4) is 0 Å². The monoisotopic (exact) mass is 229 g/mol. The van der Waals surface area contributed by atoms with Gasteiger partial charge in [0.1, 0.15) is 0 Å². The Labute approximate surface area is 98.1 Å². The molecule has 2 heterocycles. The van der Waals surface area contributed by atoms with E-state index in [1.54, 1.807) is 0 Å². The van der Waals surface area contributed by atoms with Crippen molar-refractivity contribution in [3.63, 3.8) is 0 Å². The third kappa shape index (κ3) is 1.30. The Morgan fingerprint density at radius 2 is 1.82 bits per heavy atom. The number of rotatable bonds is 0. The number of nitrogens with one attached hydrogen (secondary N) is 1. The van der Waals surface area contributed by atoms with Gasteiger partial charge >= 0.3 is 0 Å². The number of nitrogens with zero attached hydrogens (tertiary/aromatic N) is 2. The number of aromatic nitrogens is 2. The van der Waals surface area contributed by atoms with E-state index in [2.05, 4.69) is 21.4 Å².